The third kappa shape index (κ3) is 5.43. The first-order valence-electron chi connectivity index (χ1n) is 9.42. The van der Waals surface area contributed by atoms with Gasteiger partial charge < -0.3 is 15.4 Å². The first-order valence-corrected chi connectivity index (χ1v) is 9.42. The number of benzene rings is 1. The summed E-state index contributed by atoms with van der Waals surface area (Å²) in [6, 6.07) is 6.91. The van der Waals surface area contributed by atoms with Crippen molar-refractivity contribution in [3.05, 3.63) is 35.6 Å². The van der Waals surface area contributed by atoms with Crippen LogP contribution in [0.4, 0.5) is 4.39 Å². The third-order valence-electron chi connectivity index (χ3n) is 5.44. The van der Waals surface area contributed by atoms with Crippen LogP contribution in [0.15, 0.2) is 29.3 Å². The van der Waals surface area contributed by atoms with Crippen LogP contribution in [-0.2, 0) is 10.2 Å². The molecule has 1 fully saturated rings. The molecule has 0 atom stereocenters. The fourth-order valence-corrected chi connectivity index (χ4v) is 3.42. The molecule has 0 spiro atoms. The molecule has 140 valence electrons. The van der Waals surface area contributed by atoms with Crippen molar-refractivity contribution in [3.8, 4) is 0 Å². The molecule has 25 heavy (non-hydrogen) atoms. The SMILES string of the molecule is CCC(CC)CNC(=NC)NCC1(c2ccc(F)cc2)CCOCC1. The minimum Gasteiger partial charge on any atom is -0.381 e. The van der Waals surface area contributed by atoms with Crippen LogP contribution in [0.25, 0.3) is 0 Å². The summed E-state index contributed by atoms with van der Waals surface area (Å²) in [6.45, 7) is 7.61. The summed E-state index contributed by atoms with van der Waals surface area (Å²) in [5.74, 6) is 1.30. The van der Waals surface area contributed by atoms with Gasteiger partial charge in [-0.25, -0.2) is 4.39 Å². The molecule has 1 aromatic rings. The van der Waals surface area contributed by atoms with Crippen LogP contribution in [0.2, 0.25) is 0 Å². The molecular formula is C20H32FN3O. The number of guanidine groups is 1. The average molecular weight is 349 g/mol. The first-order chi connectivity index (χ1) is 12.1. The average Bonchev–Trinajstić information content (AvgIpc) is 2.66. The highest BCUT2D eigenvalue weighted by atomic mass is 19.1. The lowest BCUT2D eigenvalue weighted by Crippen LogP contribution is -2.48. The lowest BCUT2D eigenvalue weighted by atomic mass is 9.74. The first kappa shape index (κ1) is 19.7. The predicted octanol–water partition coefficient (Wildman–Crippen LogP) is 3.48. The van der Waals surface area contributed by atoms with Crippen molar-refractivity contribution in [1.82, 2.24) is 10.6 Å². The summed E-state index contributed by atoms with van der Waals surface area (Å²) < 4.78 is 18.9. The Balaban J connectivity index is 2.03. The molecule has 0 unspecified atom stereocenters. The lowest BCUT2D eigenvalue weighted by Gasteiger charge is -2.38. The van der Waals surface area contributed by atoms with E-state index in [2.05, 4.69) is 29.5 Å². The number of aliphatic imine (C=N–C) groups is 1. The van der Waals surface area contributed by atoms with Gasteiger partial charge in [0.1, 0.15) is 5.82 Å². The molecule has 2 rings (SSSR count). The molecule has 1 aliphatic rings. The van der Waals surface area contributed by atoms with Crippen LogP contribution in [0.1, 0.15) is 45.1 Å². The Bertz CT molecular complexity index is 534. The largest absolute Gasteiger partial charge is 0.381 e. The maximum absolute atomic E-state index is 13.3. The quantitative estimate of drug-likeness (QED) is 0.585. The second kappa shape index (κ2) is 9.76. The number of nitrogens with zero attached hydrogens (tertiary/aromatic N) is 1. The Morgan fingerprint density at radius 1 is 1.16 bits per heavy atom. The van der Waals surface area contributed by atoms with E-state index in [1.165, 1.54) is 5.56 Å². The summed E-state index contributed by atoms with van der Waals surface area (Å²) in [6.07, 6.45) is 4.18. The Kier molecular flexibility index (Phi) is 7.69. The molecule has 4 nitrogen and oxygen atoms in total. The van der Waals surface area contributed by atoms with Gasteiger partial charge in [0.25, 0.3) is 0 Å². The Morgan fingerprint density at radius 3 is 2.36 bits per heavy atom. The molecular weight excluding hydrogens is 317 g/mol. The van der Waals surface area contributed by atoms with Crippen molar-refractivity contribution in [3.63, 3.8) is 0 Å². The predicted molar refractivity (Wildman–Crippen MR) is 102 cm³/mol. The molecule has 2 N–H and O–H groups in total. The monoisotopic (exact) mass is 349 g/mol. The van der Waals surface area contributed by atoms with Gasteiger partial charge in [0.2, 0.25) is 0 Å². The van der Waals surface area contributed by atoms with E-state index in [4.69, 9.17) is 4.74 Å². The third-order valence-corrected chi connectivity index (χ3v) is 5.44. The summed E-state index contributed by atoms with van der Waals surface area (Å²) in [4.78, 5) is 4.36. The van der Waals surface area contributed by atoms with Gasteiger partial charge in [0.15, 0.2) is 5.96 Å². The van der Waals surface area contributed by atoms with Crippen LogP contribution in [0.5, 0.6) is 0 Å². The van der Waals surface area contributed by atoms with Crippen LogP contribution >= 0.6 is 0 Å². The fraction of sp³-hybridized carbons (Fsp3) is 0.650. The summed E-state index contributed by atoms with van der Waals surface area (Å²) in [5.41, 5.74) is 1.12. The second-order valence-electron chi connectivity index (χ2n) is 6.89. The highest BCUT2D eigenvalue weighted by molar-refractivity contribution is 5.79. The molecule has 0 aliphatic carbocycles. The van der Waals surface area contributed by atoms with Crippen molar-refractivity contribution < 1.29 is 9.13 Å². The summed E-state index contributed by atoms with van der Waals surface area (Å²) in [5, 5.41) is 6.92. The molecule has 1 aliphatic heterocycles. The van der Waals surface area contributed by atoms with E-state index >= 15 is 0 Å². The standard InChI is InChI=1S/C20H32FN3O/c1-4-16(5-2)14-23-19(22-3)24-15-20(10-12-25-13-11-20)17-6-8-18(21)9-7-17/h6-9,16H,4-5,10-15H2,1-3H3,(H2,22,23,24). The number of hydrogen-bond donors (Lipinski definition) is 2. The van der Waals surface area contributed by atoms with Crippen molar-refractivity contribution >= 4 is 5.96 Å². The van der Waals surface area contributed by atoms with Gasteiger partial charge in [-0.15, -0.1) is 0 Å². The van der Waals surface area contributed by atoms with Crippen LogP contribution in [0, 0.1) is 11.7 Å². The summed E-state index contributed by atoms with van der Waals surface area (Å²) in [7, 11) is 1.80. The summed E-state index contributed by atoms with van der Waals surface area (Å²) >= 11 is 0. The fourth-order valence-electron chi connectivity index (χ4n) is 3.42. The number of hydrogen-bond acceptors (Lipinski definition) is 2. The van der Waals surface area contributed by atoms with Crippen molar-refractivity contribution in [2.24, 2.45) is 10.9 Å². The van der Waals surface area contributed by atoms with E-state index < -0.39 is 0 Å². The zero-order valence-electron chi connectivity index (χ0n) is 15.8. The van der Waals surface area contributed by atoms with Crippen LogP contribution in [-0.4, -0.2) is 39.3 Å². The number of rotatable bonds is 7. The Morgan fingerprint density at radius 2 is 1.80 bits per heavy atom. The smallest absolute Gasteiger partial charge is 0.191 e. The van der Waals surface area contributed by atoms with Crippen LogP contribution < -0.4 is 10.6 Å². The van der Waals surface area contributed by atoms with Gasteiger partial charge in [-0.2, -0.15) is 0 Å². The van der Waals surface area contributed by atoms with Gasteiger partial charge in [0, 0.05) is 38.8 Å². The topological polar surface area (TPSA) is 45.7 Å². The van der Waals surface area contributed by atoms with Gasteiger partial charge >= 0.3 is 0 Å². The zero-order valence-corrected chi connectivity index (χ0v) is 15.8. The normalized spacial score (nSPS) is 17.6. The molecule has 0 radical (unpaired) electrons. The van der Waals surface area contributed by atoms with Gasteiger partial charge in [-0.3, -0.25) is 4.99 Å². The van der Waals surface area contributed by atoms with E-state index in [1.807, 2.05) is 12.1 Å². The number of nitrogens with one attached hydrogen (secondary N) is 2. The molecule has 1 heterocycles. The highest BCUT2D eigenvalue weighted by Gasteiger charge is 2.34. The van der Waals surface area contributed by atoms with E-state index in [1.54, 1.807) is 19.2 Å². The number of halogens is 1. The molecule has 0 bridgehead atoms. The Labute approximate surface area is 151 Å². The minimum absolute atomic E-state index is 0.0432. The van der Waals surface area contributed by atoms with Crippen molar-refractivity contribution in [2.75, 3.05) is 33.4 Å². The van der Waals surface area contributed by atoms with Crippen LogP contribution in [0.3, 0.4) is 0 Å². The van der Waals surface area contributed by atoms with Crippen molar-refractivity contribution in [1.29, 1.82) is 0 Å². The second-order valence-corrected chi connectivity index (χ2v) is 6.89. The molecule has 1 aromatic carbocycles. The lowest BCUT2D eigenvalue weighted by molar-refractivity contribution is 0.0513. The molecule has 0 saturated carbocycles. The molecule has 0 amide bonds. The minimum atomic E-state index is -0.193. The van der Waals surface area contributed by atoms with Gasteiger partial charge in [-0.05, 0) is 36.5 Å². The van der Waals surface area contributed by atoms with E-state index in [9.17, 15) is 4.39 Å². The van der Waals surface area contributed by atoms with E-state index in [-0.39, 0.29) is 11.2 Å². The molecule has 0 aromatic heterocycles. The molecule has 1 saturated heterocycles. The maximum atomic E-state index is 13.3. The van der Waals surface area contributed by atoms with Crippen molar-refractivity contribution in [2.45, 2.75) is 44.9 Å². The van der Waals surface area contributed by atoms with Gasteiger partial charge in [0.05, 0.1) is 0 Å². The maximum Gasteiger partial charge on any atom is 0.191 e. The highest BCUT2D eigenvalue weighted by Crippen LogP contribution is 2.34. The Hall–Kier alpha value is -1.62. The van der Waals surface area contributed by atoms with Gasteiger partial charge in [-0.1, -0.05) is 38.8 Å². The van der Waals surface area contributed by atoms with E-state index in [0.717, 1.165) is 57.9 Å². The zero-order chi connectivity index (χ0) is 18.1. The number of ether oxygens (including phenoxy) is 1. The molecule has 5 heteroatoms. The van der Waals surface area contributed by atoms with E-state index in [0.29, 0.717) is 5.92 Å².